The standard InChI is InChI=1S/C11H14BN3O3/c16-12(17)9-6-13-7-10-8(9)5-14-15(10)11-3-1-2-4-18-11/h5-7,11,16-17H,1-4H2. The van der Waals surface area contributed by atoms with Gasteiger partial charge in [-0.3, -0.25) is 4.98 Å². The van der Waals surface area contributed by atoms with Crippen molar-refractivity contribution in [3.05, 3.63) is 18.6 Å². The number of nitrogens with zero attached hydrogens (tertiary/aromatic N) is 3. The smallest absolute Gasteiger partial charge is 0.423 e. The van der Waals surface area contributed by atoms with Crippen LogP contribution in [0, 0.1) is 0 Å². The van der Waals surface area contributed by atoms with E-state index in [1.165, 1.54) is 6.20 Å². The molecule has 2 aromatic heterocycles. The van der Waals surface area contributed by atoms with E-state index >= 15 is 0 Å². The Morgan fingerprint density at radius 1 is 1.28 bits per heavy atom. The molecule has 0 aromatic carbocycles. The number of aromatic nitrogens is 3. The first-order valence-corrected chi connectivity index (χ1v) is 6.06. The summed E-state index contributed by atoms with van der Waals surface area (Å²) in [4.78, 5) is 4.03. The van der Waals surface area contributed by atoms with Gasteiger partial charge in [0.25, 0.3) is 0 Å². The van der Waals surface area contributed by atoms with Gasteiger partial charge >= 0.3 is 7.12 Å². The average Bonchev–Trinajstić information content (AvgIpc) is 2.83. The van der Waals surface area contributed by atoms with Gasteiger partial charge in [0.05, 0.1) is 17.9 Å². The Labute approximate surface area is 104 Å². The van der Waals surface area contributed by atoms with Gasteiger partial charge in [-0.25, -0.2) is 4.68 Å². The molecular formula is C11H14BN3O3. The van der Waals surface area contributed by atoms with E-state index in [4.69, 9.17) is 4.74 Å². The quantitative estimate of drug-likeness (QED) is 0.719. The van der Waals surface area contributed by atoms with Crippen LogP contribution in [-0.2, 0) is 4.74 Å². The second-order valence-electron chi connectivity index (χ2n) is 4.45. The summed E-state index contributed by atoms with van der Waals surface area (Å²) in [5.74, 6) is 0. The number of hydrogen-bond donors (Lipinski definition) is 2. The number of ether oxygens (including phenoxy) is 1. The highest BCUT2D eigenvalue weighted by Crippen LogP contribution is 2.25. The first-order chi connectivity index (χ1) is 8.77. The zero-order valence-electron chi connectivity index (χ0n) is 9.86. The molecule has 1 saturated heterocycles. The molecule has 1 atom stereocenters. The molecular weight excluding hydrogens is 233 g/mol. The minimum absolute atomic E-state index is 0.0795. The molecule has 1 aliphatic rings. The maximum atomic E-state index is 9.29. The third kappa shape index (κ3) is 1.90. The van der Waals surface area contributed by atoms with Crippen molar-refractivity contribution in [2.75, 3.05) is 6.61 Å². The van der Waals surface area contributed by atoms with Gasteiger partial charge in [-0.15, -0.1) is 0 Å². The molecule has 0 spiro atoms. The molecule has 7 heteroatoms. The monoisotopic (exact) mass is 247 g/mol. The van der Waals surface area contributed by atoms with Crippen LogP contribution < -0.4 is 5.46 Å². The minimum Gasteiger partial charge on any atom is -0.423 e. The SMILES string of the molecule is OB(O)c1cncc2c1cnn2C1CCCCO1. The molecule has 1 unspecified atom stereocenters. The Balaban J connectivity index is 2.06. The van der Waals surface area contributed by atoms with Crippen LogP contribution in [-0.4, -0.2) is 38.5 Å². The van der Waals surface area contributed by atoms with E-state index < -0.39 is 7.12 Å². The van der Waals surface area contributed by atoms with Crippen LogP contribution in [0.2, 0.25) is 0 Å². The first-order valence-electron chi connectivity index (χ1n) is 6.06. The lowest BCUT2D eigenvalue weighted by atomic mass is 9.79. The maximum Gasteiger partial charge on any atom is 0.490 e. The van der Waals surface area contributed by atoms with E-state index in [1.807, 2.05) is 0 Å². The molecule has 0 radical (unpaired) electrons. The minimum atomic E-state index is -1.54. The lowest BCUT2D eigenvalue weighted by Gasteiger charge is -2.23. The predicted octanol–water partition coefficient (Wildman–Crippen LogP) is -0.190. The fourth-order valence-electron chi connectivity index (χ4n) is 2.33. The fourth-order valence-corrected chi connectivity index (χ4v) is 2.33. The van der Waals surface area contributed by atoms with Gasteiger partial charge < -0.3 is 14.8 Å². The Bertz CT molecular complexity index is 551. The zero-order valence-corrected chi connectivity index (χ0v) is 9.86. The first kappa shape index (κ1) is 11.6. The van der Waals surface area contributed by atoms with Crippen molar-refractivity contribution in [3.8, 4) is 0 Å². The van der Waals surface area contributed by atoms with E-state index in [0.29, 0.717) is 10.8 Å². The summed E-state index contributed by atoms with van der Waals surface area (Å²) in [5, 5.41) is 23.6. The second-order valence-corrected chi connectivity index (χ2v) is 4.45. The Kier molecular flexibility index (Phi) is 3.03. The molecule has 1 aliphatic heterocycles. The molecule has 3 heterocycles. The van der Waals surface area contributed by atoms with Gasteiger partial charge in [-0.05, 0) is 19.3 Å². The van der Waals surface area contributed by atoms with Gasteiger partial charge in [0.2, 0.25) is 0 Å². The van der Waals surface area contributed by atoms with Gasteiger partial charge in [0, 0.05) is 23.7 Å². The molecule has 1 fully saturated rings. The van der Waals surface area contributed by atoms with Crippen molar-refractivity contribution in [1.82, 2.24) is 14.8 Å². The highest BCUT2D eigenvalue weighted by atomic mass is 16.5. The van der Waals surface area contributed by atoms with Crippen LogP contribution in [0.3, 0.4) is 0 Å². The summed E-state index contributed by atoms with van der Waals surface area (Å²) < 4.78 is 7.45. The second kappa shape index (κ2) is 4.68. The van der Waals surface area contributed by atoms with Crippen molar-refractivity contribution in [2.24, 2.45) is 0 Å². The highest BCUT2D eigenvalue weighted by Gasteiger charge is 2.22. The highest BCUT2D eigenvalue weighted by molar-refractivity contribution is 6.61. The van der Waals surface area contributed by atoms with E-state index in [0.717, 1.165) is 31.4 Å². The predicted molar refractivity (Wildman–Crippen MR) is 66.2 cm³/mol. The van der Waals surface area contributed by atoms with E-state index in [1.54, 1.807) is 17.1 Å². The van der Waals surface area contributed by atoms with Crippen molar-refractivity contribution < 1.29 is 14.8 Å². The topological polar surface area (TPSA) is 80.4 Å². The van der Waals surface area contributed by atoms with E-state index in [2.05, 4.69) is 10.1 Å². The fraction of sp³-hybridized carbons (Fsp3) is 0.455. The molecule has 0 amide bonds. The Morgan fingerprint density at radius 2 is 2.17 bits per heavy atom. The molecule has 94 valence electrons. The number of pyridine rings is 1. The average molecular weight is 247 g/mol. The maximum absolute atomic E-state index is 9.29. The van der Waals surface area contributed by atoms with Crippen LogP contribution in [0.5, 0.6) is 0 Å². The summed E-state index contributed by atoms with van der Waals surface area (Å²) in [7, 11) is -1.54. The Morgan fingerprint density at radius 3 is 2.89 bits per heavy atom. The zero-order chi connectivity index (χ0) is 12.5. The Hall–Kier alpha value is -1.44. The molecule has 0 aliphatic carbocycles. The summed E-state index contributed by atoms with van der Waals surface area (Å²) in [6.07, 6.45) is 7.78. The lowest BCUT2D eigenvalue weighted by molar-refractivity contribution is -0.0367. The van der Waals surface area contributed by atoms with Crippen molar-refractivity contribution >= 4 is 23.5 Å². The van der Waals surface area contributed by atoms with Crippen molar-refractivity contribution in [2.45, 2.75) is 25.5 Å². The normalized spacial score (nSPS) is 20.2. The van der Waals surface area contributed by atoms with Crippen LogP contribution in [0.1, 0.15) is 25.5 Å². The summed E-state index contributed by atoms with van der Waals surface area (Å²) in [6, 6.07) is 0. The third-order valence-corrected chi connectivity index (χ3v) is 3.26. The summed E-state index contributed by atoms with van der Waals surface area (Å²) in [5.41, 5.74) is 1.14. The van der Waals surface area contributed by atoms with Gasteiger partial charge in [-0.1, -0.05) is 0 Å². The third-order valence-electron chi connectivity index (χ3n) is 3.26. The molecule has 2 aromatic rings. The lowest BCUT2D eigenvalue weighted by Crippen LogP contribution is -2.30. The van der Waals surface area contributed by atoms with Crippen molar-refractivity contribution in [1.29, 1.82) is 0 Å². The summed E-state index contributed by atoms with van der Waals surface area (Å²) >= 11 is 0. The largest absolute Gasteiger partial charge is 0.490 e. The molecule has 6 nitrogen and oxygen atoms in total. The number of hydrogen-bond acceptors (Lipinski definition) is 5. The molecule has 18 heavy (non-hydrogen) atoms. The van der Waals surface area contributed by atoms with Crippen LogP contribution in [0.4, 0.5) is 0 Å². The van der Waals surface area contributed by atoms with Crippen molar-refractivity contribution in [3.63, 3.8) is 0 Å². The molecule has 0 bridgehead atoms. The molecule has 2 N–H and O–H groups in total. The molecule has 0 saturated carbocycles. The van der Waals surface area contributed by atoms with Gasteiger partial charge in [-0.2, -0.15) is 5.10 Å². The van der Waals surface area contributed by atoms with Gasteiger partial charge in [0.1, 0.15) is 0 Å². The van der Waals surface area contributed by atoms with Gasteiger partial charge in [0.15, 0.2) is 6.23 Å². The van der Waals surface area contributed by atoms with Crippen LogP contribution in [0.15, 0.2) is 18.6 Å². The summed E-state index contributed by atoms with van der Waals surface area (Å²) in [6.45, 7) is 0.738. The van der Waals surface area contributed by atoms with Crippen LogP contribution >= 0.6 is 0 Å². The number of rotatable bonds is 2. The number of fused-ring (bicyclic) bond motifs is 1. The van der Waals surface area contributed by atoms with E-state index in [9.17, 15) is 10.0 Å². The van der Waals surface area contributed by atoms with Crippen LogP contribution in [0.25, 0.3) is 10.9 Å². The van der Waals surface area contributed by atoms with E-state index in [-0.39, 0.29) is 6.23 Å². The molecule has 3 rings (SSSR count).